The fourth-order valence-electron chi connectivity index (χ4n) is 5.37. The third-order valence-corrected chi connectivity index (χ3v) is 7.68. The van der Waals surface area contributed by atoms with Crippen LogP contribution < -0.4 is 0 Å². The van der Waals surface area contributed by atoms with Crippen molar-refractivity contribution in [1.29, 1.82) is 0 Å². The largest absolute Gasteiger partial charge is 0.335 e. The van der Waals surface area contributed by atoms with Crippen LogP contribution in [0.1, 0.15) is 27.7 Å². The summed E-state index contributed by atoms with van der Waals surface area (Å²) in [7, 11) is 0. The predicted octanol–water partition coefficient (Wildman–Crippen LogP) is 6.88. The van der Waals surface area contributed by atoms with Gasteiger partial charge in [-0.15, -0.1) is 0 Å². The van der Waals surface area contributed by atoms with E-state index in [4.69, 9.17) is 11.6 Å². The third-order valence-electron chi connectivity index (χ3n) is 7.36. The Morgan fingerprint density at radius 3 is 1.95 bits per heavy atom. The van der Waals surface area contributed by atoms with Gasteiger partial charge in [-0.05, 0) is 41.5 Å². The molecule has 0 atom stereocenters. The van der Waals surface area contributed by atoms with Gasteiger partial charge in [0.2, 0.25) is 0 Å². The second-order valence-corrected chi connectivity index (χ2v) is 10.2. The summed E-state index contributed by atoms with van der Waals surface area (Å²) in [5.41, 5.74) is 4.08. The Labute approximate surface area is 238 Å². The molecular weight excluding hydrogens is 523 g/mol. The zero-order chi connectivity index (χ0) is 27.5. The van der Waals surface area contributed by atoms with E-state index in [2.05, 4.69) is 58.5 Å². The summed E-state index contributed by atoms with van der Waals surface area (Å²) in [4.78, 5) is 18.2. The zero-order valence-electron chi connectivity index (χ0n) is 21.8. The van der Waals surface area contributed by atoms with Crippen LogP contribution in [0.2, 0.25) is 5.02 Å². The second-order valence-electron chi connectivity index (χ2n) is 9.81. The average Bonchev–Trinajstić information content (AvgIpc) is 3.44. The molecule has 6 rings (SSSR count). The first kappa shape index (κ1) is 26.0. The highest BCUT2D eigenvalue weighted by Gasteiger charge is 2.31. The van der Waals surface area contributed by atoms with Crippen LogP contribution in [0.15, 0.2) is 115 Å². The molecule has 5 nitrogen and oxygen atoms in total. The topological polar surface area (TPSA) is 41.4 Å². The van der Waals surface area contributed by atoms with E-state index in [0.717, 1.165) is 0 Å². The van der Waals surface area contributed by atoms with Crippen molar-refractivity contribution in [2.45, 2.75) is 6.04 Å². The molecule has 0 aliphatic carbocycles. The highest BCUT2D eigenvalue weighted by molar-refractivity contribution is 6.32. The van der Waals surface area contributed by atoms with Gasteiger partial charge in [-0.3, -0.25) is 9.69 Å². The Kier molecular flexibility index (Phi) is 7.45. The molecule has 1 aromatic heterocycles. The van der Waals surface area contributed by atoms with E-state index in [0.29, 0.717) is 53.8 Å². The van der Waals surface area contributed by atoms with Crippen molar-refractivity contribution < 1.29 is 9.18 Å². The maximum absolute atomic E-state index is 14.7. The number of carbonyl (C=O) groups is 1. The number of para-hydroxylation sites is 1. The van der Waals surface area contributed by atoms with Gasteiger partial charge in [0, 0.05) is 31.7 Å². The van der Waals surface area contributed by atoms with E-state index >= 15 is 0 Å². The molecule has 1 aliphatic rings. The Bertz CT molecular complexity index is 1570. The molecule has 1 amide bonds. The summed E-state index contributed by atoms with van der Waals surface area (Å²) in [6.07, 6.45) is 0. The number of hydrogen-bond acceptors (Lipinski definition) is 3. The van der Waals surface area contributed by atoms with Crippen molar-refractivity contribution in [3.05, 3.63) is 143 Å². The van der Waals surface area contributed by atoms with Gasteiger partial charge in [-0.25, -0.2) is 9.07 Å². The van der Waals surface area contributed by atoms with Gasteiger partial charge < -0.3 is 4.90 Å². The van der Waals surface area contributed by atoms with Crippen molar-refractivity contribution >= 4 is 17.5 Å². The van der Waals surface area contributed by atoms with Gasteiger partial charge in [-0.1, -0.05) is 96.5 Å². The molecule has 7 heteroatoms. The zero-order valence-corrected chi connectivity index (χ0v) is 22.6. The number of nitrogens with zero attached hydrogens (tertiary/aromatic N) is 4. The van der Waals surface area contributed by atoms with Crippen LogP contribution in [0.3, 0.4) is 0 Å². The number of carbonyl (C=O) groups excluding carboxylic acids is 1. The summed E-state index contributed by atoms with van der Waals surface area (Å²) >= 11 is 6.51. The second kappa shape index (κ2) is 11.5. The molecule has 1 saturated heterocycles. The summed E-state index contributed by atoms with van der Waals surface area (Å²) in [5.74, 6) is -0.558. The van der Waals surface area contributed by atoms with Crippen LogP contribution in [-0.4, -0.2) is 51.7 Å². The van der Waals surface area contributed by atoms with E-state index < -0.39 is 5.82 Å². The van der Waals surface area contributed by atoms with Crippen LogP contribution in [0, 0.1) is 5.82 Å². The van der Waals surface area contributed by atoms with Crippen LogP contribution in [-0.2, 0) is 0 Å². The van der Waals surface area contributed by atoms with E-state index in [1.807, 2.05) is 29.2 Å². The molecular formula is C33H28ClFN4O. The highest BCUT2D eigenvalue weighted by Crippen LogP contribution is 2.31. The lowest BCUT2D eigenvalue weighted by molar-refractivity contribution is 0.0589. The Morgan fingerprint density at radius 1 is 0.750 bits per heavy atom. The number of piperazine rings is 1. The lowest BCUT2D eigenvalue weighted by Gasteiger charge is -2.39. The fourth-order valence-corrected chi connectivity index (χ4v) is 5.59. The van der Waals surface area contributed by atoms with Crippen molar-refractivity contribution in [3.63, 3.8) is 0 Å². The molecule has 0 N–H and O–H groups in total. The Morgan fingerprint density at radius 2 is 1.32 bits per heavy atom. The smallest absolute Gasteiger partial charge is 0.272 e. The molecule has 1 aliphatic heterocycles. The van der Waals surface area contributed by atoms with Gasteiger partial charge in [0.05, 0.1) is 22.4 Å². The van der Waals surface area contributed by atoms with Gasteiger partial charge in [0.1, 0.15) is 11.5 Å². The first-order valence-corrected chi connectivity index (χ1v) is 13.7. The number of halogens is 2. The normalized spacial score (nSPS) is 14.0. The molecule has 2 heterocycles. The highest BCUT2D eigenvalue weighted by atomic mass is 35.5. The Balaban J connectivity index is 1.29. The lowest BCUT2D eigenvalue weighted by atomic mass is 9.96. The molecule has 4 aromatic carbocycles. The quantitative estimate of drug-likeness (QED) is 0.231. The maximum atomic E-state index is 14.7. The number of aromatic nitrogens is 2. The minimum atomic E-state index is -0.396. The van der Waals surface area contributed by atoms with E-state index in [9.17, 15) is 9.18 Å². The molecule has 200 valence electrons. The molecule has 0 saturated carbocycles. The maximum Gasteiger partial charge on any atom is 0.272 e. The minimum absolute atomic E-state index is 0.0981. The Hall–Kier alpha value is -4.26. The number of hydrogen-bond donors (Lipinski definition) is 0. The van der Waals surface area contributed by atoms with Crippen molar-refractivity contribution in [1.82, 2.24) is 19.6 Å². The molecule has 1 fully saturated rings. The lowest BCUT2D eigenvalue weighted by Crippen LogP contribution is -2.50. The number of amides is 1. The molecule has 0 spiro atoms. The van der Waals surface area contributed by atoms with Gasteiger partial charge in [0.25, 0.3) is 5.91 Å². The summed E-state index contributed by atoms with van der Waals surface area (Å²) in [6.45, 7) is 2.52. The predicted molar refractivity (Wildman–Crippen MR) is 156 cm³/mol. The first-order valence-electron chi connectivity index (χ1n) is 13.3. The van der Waals surface area contributed by atoms with Crippen LogP contribution >= 0.6 is 11.6 Å². The van der Waals surface area contributed by atoms with E-state index in [1.54, 1.807) is 36.4 Å². The molecule has 0 radical (unpaired) electrons. The third kappa shape index (κ3) is 5.16. The van der Waals surface area contributed by atoms with Crippen LogP contribution in [0.25, 0.3) is 16.9 Å². The summed E-state index contributed by atoms with van der Waals surface area (Å²) < 4.78 is 16.2. The van der Waals surface area contributed by atoms with E-state index in [-0.39, 0.29) is 11.9 Å². The van der Waals surface area contributed by atoms with Crippen molar-refractivity contribution in [2.75, 3.05) is 26.2 Å². The summed E-state index contributed by atoms with van der Waals surface area (Å²) in [5, 5.41) is 5.10. The summed E-state index contributed by atoms with van der Waals surface area (Å²) in [6, 6.07) is 36.3. The molecule has 0 unspecified atom stereocenters. The van der Waals surface area contributed by atoms with Gasteiger partial charge in [0.15, 0.2) is 0 Å². The standard InChI is InChI=1S/C33H28ClFN4O/c34-27-16-8-10-18-30(27)39-31(23-29(36-39)26-15-7-9-17-28(26)35)33(40)38-21-19-37(20-22-38)32(24-11-3-1-4-12-24)25-13-5-2-6-14-25/h1-18,23,32H,19-22H2. The van der Waals surface area contributed by atoms with E-state index in [1.165, 1.54) is 21.9 Å². The van der Waals surface area contributed by atoms with Crippen LogP contribution in [0.5, 0.6) is 0 Å². The first-order chi connectivity index (χ1) is 19.6. The van der Waals surface area contributed by atoms with Crippen molar-refractivity contribution in [3.8, 4) is 16.9 Å². The molecule has 40 heavy (non-hydrogen) atoms. The molecule has 5 aromatic rings. The van der Waals surface area contributed by atoms with Crippen molar-refractivity contribution in [2.24, 2.45) is 0 Å². The fraction of sp³-hybridized carbons (Fsp3) is 0.152. The SMILES string of the molecule is O=C(c1cc(-c2ccccc2F)nn1-c1ccccc1Cl)N1CCN(C(c2ccccc2)c2ccccc2)CC1. The number of benzene rings is 4. The van der Waals surface area contributed by atoms with Gasteiger partial charge >= 0.3 is 0 Å². The monoisotopic (exact) mass is 550 g/mol. The number of rotatable bonds is 6. The molecule has 0 bridgehead atoms. The van der Waals surface area contributed by atoms with Crippen LogP contribution in [0.4, 0.5) is 4.39 Å². The average molecular weight is 551 g/mol. The minimum Gasteiger partial charge on any atom is -0.335 e. The van der Waals surface area contributed by atoms with Gasteiger partial charge in [-0.2, -0.15) is 5.10 Å².